The van der Waals surface area contributed by atoms with Gasteiger partial charge in [0.15, 0.2) is 5.58 Å². The van der Waals surface area contributed by atoms with Crippen LogP contribution in [0.5, 0.6) is 0 Å². The Labute approximate surface area is 407 Å². The zero-order valence-electron chi connectivity index (χ0n) is 38.8. The van der Waals surface area contributed by atoms with Gasteiger partial charge in [-0.3, -0.25) is 15.0 Å². The largest absolute Gasteiger partial charge is 0.486 e. The van der Waals surface area contributed by atoms with E-state index in [-0.39, 0.29) is 37.4 Å². The second-order valence-corrected chi connectivity index (χ2v) is 18.6. The predicted octanol–water partition coefficient (Wildman–Crippen LogP) is 14.8. The third-order valence-electron chi connectivity index (χ3n) is 12.4. The van der Waals surface area contributed by atoms with Crippen LogP contribution < -0.4 is 0 Å². The van der Waals surface area contributed by atoms with Gasteiger partial charge < -0.3 is 13.4 Å². The fraction of sp³-hybridized carbons (Fsp3) is 0.172. The summed E-state index contributed by atoms with van der Waals surface area (Å²) in [4.78, 5) is 28.4. The van der Waals surface area contributed by atoms with Crippen LogP contribution in [0.15, 0.2) is 155 Å². The van der Waals surface area contributed by atoms with E-state index < -0.39 is 0 Å². The fourth-order valence-corrected chi connectivity index (χ4v) is 9.00. The molecular formula is C58H47IrN7O2-2. The molecule has 0 fully saturated rings. The van der Waals surface area contributed by atoms with Gasteiger partial charge in [0.1, 0.15) is 17.4 Å². The van der Waals surface area contributed by atoms with Gasteiger partial charge in [-0.05, 0) is 82.6 Å². The molecule has 1 radical (unpaired) electrons. The normalized spacial score (nSPS) is 11.9. The second-order valence-electron chi connectivity index (χ2n) is 18.6. The van der Waals surface area contributed by atoms with Crippen LogP contribution in [0, 0.1) is 12.1 Å². The Balaban J connectivity index is 0.000000270. The number of hydrogen-bond acceptors (Lipinski definition) is 8. The van der Waals surface area contributed by atoms with Gasteiger partial charge in [0.2, 0.25) is 5.71 Å². The Kier molecular flexibility index (Phi) is 11.6. The van der Waals surface area contributed by atoms with Crippen LogP contribution in [-0.2, 0) is 25.5 Å². The number of imidazole rings is 1. The van der Waals surface area contributed by atoms with Crippen LogP contribution >= 0.6 is 0 Å². The number of rotatable bonds is 6. The molecule has 0 N–H and O–H groups in total. The molecule has 9 nitrogen and oxygen atoms in total. The summed E-state index contributed by atoms with van der Waals surface area (Å²) >= 11 is 0. The van der Waals surface area contributed by atoms with Crippen LogP contribution in [-0.4, -0.2) is 34.5 Å². The van der Waals surface area contributed by atoms with Crippen LogP contribution in [0.1, 0.15) is 77.1 Å². The van der Waals surface area contributed by atoms with Gasteiger partial charge in [0.05, 0.1) is 33.8 Å². The van der Waals surface area contributed by atoms with Crippen molar-refractivity contribution in [3.05, 3.63) is 175 Å². The van der Waals surface area contributed by atoms with Crippen molar-refractivity contribution in [2.24, 2.45) is 0 Å². The number of fused-ring (bicyclic) bond motifs is 9. The van der Waals surface area contributed by atoms with Crippen molar-refractivity contribution >= 4 is 66.1 Å². The minimum atomic E-state index is 0. The van der Waals surface area contributed by atoms with Crippen molar-refractivity contribution < 1.29 is 28.9 Å². The molecule has 10 heteroatoms. The molecule has 0 aliphatic carbocycles. The summed E-state index contributed by atoms with van der Waals surface area (Å²) in [7, 11) is 0. The van der Waals surface area contributed by atoms with Crippen molar-refractivity contribution in [1.82, 2.24) is 34.5 Å². The molecule has 0 bridgehead atoms. The van der Waals surface area contributed by atoms with Gasteiger partial charge in [-0.25, -0.2) is 15.0 Å². The smallest absolute Gasteiger partial charge is 0.216 e. The average Bonchev–Trinajstić information content (AvgIpc) is 4.04. The Morgan fingerprint density at radius 2 is 1.40 bits per heavy atom. The summed E-state index contributed by atoms with van der Waals surface area (Å²) in [6, 6.07) is 49.8. The molecule has 6 aromatic carbocycles. The number of furan rings is 2. The standard InChI is InChI=1S/C44H32N5O2.C14H15N2.Ir/c1-24(2)32-19-28(26-11-6-5-7-12-26)20-33(25(3)4)40(32)49-41-35(18-17-27-22-45-23-46-38(27)41)47-43(49)31-15-10-14-29-34-21-37-39(48-44(34)51-42(29)31)30-13-8-9-16-36(30)50-37;1-14(2,3)12-9-10-15-13(16-12)11-7-5-4-6-8-11;/h5-14,16-25H,1-4H3;4-7,9-10H,1-3H3;/q2*-1;. The number of para-hydroxylation sites is 1. The zero-order valence-corrected chi connectivity index (χ0v) is 41.2. The van der Waals surface area contributed by atoms with E-state index >= 15 is 0 Å². The molecule has 0 atom stereocenters. The number of nitrogens with zero attached hydrogens (tertiary/aromatic N) is 7. The van der Waals surface area contributed by atoms with Crippen LogP contribution in [0.3, 0.4) is 0 Å². The third kappa shape index (κ3) is 7.83. The zero-order chi connectivity index (χ0) is 46.0. The first-order chi connectivity index (χ1) is 32.5. The maximum absolute atomic E-state index is 6.71. The van der Waals surface area contributed by atoms with Crippen molar-refractivity contribution in [2.45, 2.75) is 65.7 Å². The molecule has 6 aromatic heterocycles. The Morgan fingerprint density at radius 3 is 2.15 bits per heavy atom. The van der Waals surface area contributed by atoms with E-state index in [1.165, 1.54) is 22.3 Å². The molecule has 0 spiro atoms. The van der Waals surface area contributed by atoms with E-state index in [4.69, 9.17) is 23.8 Å². The summed E-state index contributed by atoms with van der Waals surface area (Å²) < 4.78 is 15.2. The summed E-state index contributed by atoms with van der Waals surface area (Å²) in [5, 5.41) is 3.71. The minimum Gasteiger partial charge on any atom is -0.486 e. The Hall–Kier alpha value is -7.39. The molecule has 68 heavy (non-hydrogen) atoms. The second kappa shape index (κ2) is 17.7. The molecule has 0 saturated heterocycles. The maximum Gasteiger partial charge on any atom is 0.216 e. The van der Waals surface area contributed by atoms with Crippen molar-refractivity contribution in [1.29, 1.82) is 0 Å². The number of pyridine rings is 1. The van der Waals surface area contributed by atoms with Crippen molar-refractivity contribution in [2.75, 3.05) is 0 Å². The van der Waals surface area contributed by atoms with Gasteiger partial charge in [-0.15, -0.1) is 54.1 Å². The number of aromatic nitrogens is 7. The van der Waals surface area contributed by atoms with E-state index in [1.54, 1.807) is 6.33 Å². The van der Waals surface area contributed by atoms with Crippen LogP contribution in [0.25, 0.3) is 106 Å². The quantitative estimate of drug-likeness (QED) is 0.152. The summed E-state index contributed by atoms with van der Waals surface area (Å²) in [6.45, 7) is 15.5. The van der Waals surface area contributed by atoms with E-state index in [0.717, 1.165) is 88.9 Å². The molecule has 337 valence electrons. The average molecular weight is 1070 g/mol. The van der Waals surface area contributed by atoms with Gasteiger partial charge in [-0.2, -0.15) is 0 Å². The van der Waals surface area contributed by atoms with Gasteiger partial charge in [0, 0.05) is 65.5 Å². The van der Waals surface area contributed by atoms with E-state index in [0.29, 0.717) is 11.3 Å². The Bertz CT molecular complexity index is 3780. The summed E-state index contributed by atoms with van der Waals surface area (Å²) in [5.74, 6) is 1.88. The SMILES string of the molecule is CC(C)(C)c1ccnc(-c2[c-]cccc2)n1.CC(C)c1cc(-c2ccccc2)cc(C(C)C)c1-n1c(-c2[c-]ccc3c2oc2nc4c(cc23)oc2ccccc24)nc2ccc3cncnc3c21.[Ir]. The molecule has 0 aliphatic heterocycles. The van der Waals surface area contributed by atoms with Gasteiger partial charge in [0.25, 0.3) is 0 Å². The molecule has 12 rings (SSSR count). The molecular weight excluding hydrogens is 1020 g/mol. The van der Waals surface area contributed by atoms with E-state index in [9.17, 15) is 0 Å². The molecule has 12 aromatic rings. The number of hydrogen-bond donors (Lipinski definition) is 0. The maximum atomic E-state index is 6.71. The van der Waals surface area contributed by atoms with Crippen LogP contribution in [0.2, 0.25) is 0 Å². The van der Waals surface area contributed by atoms with E-state index in [1.807, 2.05) is 91.3 Å². The summed E-state index contributed by atoms with van der Waals surface area (Å²) in [5.41, 5.74) is 14.8. The first kappa shape index (κ1) is 44.4. The van der Waals surface area contributed by atoms with Crippen molar-refractivity contribution in [3.8, 4) is 39.6 Å². The van der Waals surface area contributed by atoms with Crippen molar-refractivity contribution in [3.63, 3.8) is 0 Å². The molecule has 0 aliphatic rings. The molecule has 6 heterocycles. The molecule has 0 saturated carbocycles. The third-order valence-corrected chi connectivity index (χ3v) is 12.4. The van der Waals surface area contributed by atoms with Gasteiger partial charge >= 0.3 is 0 Å². The first-order valence-corrected chi connectivity index (χ1v) is 22.7. The van der Waals surface area contributed by atoms with E-state index in [2.05, 4.69) is 129 Å². The topological polar surface area (TPSA) is 109 Å². The monoisotopic (exact) mass is 1070 g/mol. The van der Waals surface area contributed by atoms with Gasteiger partial charge in [-0.1, -0.05) is 102 Å². The minimum absolute atomic E-state index is 0. The first-order valence-electron chi connectivity index (χ1n) is 22.7. The fourth-order valence-electron chi connectivity index (χ4n) is 9.00. The molecule has 0 amide bonds. The molecule has 0 unspecified atom stereocenters. The summed E-state index contributed by atoms with van der Waals surface area (Å²) in [6.07, 6.45) is 5.28. The van der Waals surface area contributed by atoms with Crippen LogP contribution in [0.4, 0.5) is 0 Å². The number of benzene rings is 6. The predicted molar refractivity (Wildman–Crippen MR) is 269 cm³/mol. The Morgan fingerprint density at radius 1 is 0.632 bits per heavy atom.